The van der Waals surface area contributed by atoms with Crippen molar-refractivity contribution < 1.29 is 13.2 Å². The molecule has 0 saturated carbocycles. The molecule has 5 nitrogen and oxygen atoms in total. The molecule has 0 radical (unpaired) electrons. The summed E-state index contributed by atoms with van der Waals surface area (Å²) in [5, 5.41) is 0.710. The summed E-state index contributed by atoms with van der Waals surface area (Å²) in [6, 6.07) is 17.8. The molecule has 1 fully saturated rings. The average molecular weight is 421 g/mol. The Balaban J connectivity index is 1.70. The van der Waals surface area contributed by atoms with E-state index in [2.05, 4.69) is 17.5 Å². The van der Waals surface area contributed by atoms with Crippen molar-refractivity contribution in [3.63, 3.8) is 0 Å². The monoisotopic (exact) mass is 420 g/mol. The number of hydrogen-bond acceptors (Lipinski definition) is 5. The number of rotatable bonds is 6. The van der Waals surface area contributed by atoms with Gasteiger partial charge >= 0.3 is 0 Å². The van der Waals surface area contributed by atoms with Crippen LogP contribution in [0.15, 0.2) is 71.1 Å². The van der Waals surface area contributed by atoms with Crippen LogP contribution in [0.2, 0.25) is 0 Å². The molecule has 3 rings (SSSR count). The zero-order chi connectivity index (χ0) is 19.4. The molecule has 1 unspecified atom stereocenters. The maximum Gasteiger partial charge on any atom is 0.257 e. The number of benzene rings is 2. The topological polar surface area (TPSA) is 66.5 Å². The average Bonchev–Trinajstić information content (AvgIpc) is 2.90. The summed E-state index contributed by atoms with van der Waals surface area (Å²) in [6.07, 6.45) is 2.55. The van der Waals surface area contributed by atoms with Gasteiger partial charge in [0.15, 0.2) is 0 Å². The maximum absolute atomic E-state index is 12.7. The Labute approximate surface area is 169 Å². The second-order valence-electron chi connectivity index (χ2n) is 6.17. The molecule has 0 spiro atoms. The Hall–Kier alpha value is -1.74. The first kappa shape index (κ1) is 20.0. The minimum Gasteiger partial charge on any atom is -0.272 e. The van der Waals surface area contributed by atoms with Crippen LogP contribution in [0.1, 0.15) is 18.9 Å². The Kier molecular flexibility index (Phi) is 6.31. The van der Waals surface area contributed by atoms with Gasteiger partial charge in [0.25, 0.3) is 15.9 Å². The first-order valence-corrected chi connectivity index (χ1v) is 11.3. The van der Waals surface area contributed by atoms with Crippen LogP contribution in [0.3, 0.4) is 0 Å². The fraction of sp³-hybridized carbons (Fsp3) is 0.211. The van der Waals surface area contributed by atoms with Crippen LogP contribution in [-0.4, -0.2) is 29.3 Å². The molecule has 142 valence electrons. The quantitative estimate of drug-likeness (QED) is 0.702. The second-order valence-corrected chi connectivity index (χ2v) is 9.96. The van der Waals surface area contributed by atoms with Crippen molar-refractivity contribution in [1.82, 2.24) is 9.84 Å². The molecule has 2 aromatic rings. The predicted molar refractivity (Wildman–Crippen MR) is 112 cm³/mol. The molecule has 1 amide bonds. The smallest absolute Gasteiger partial charge is 0.257 e. The second kappa shape index (κ2) is 8.52. The number of thioether (sulfide) groups is 1. The molecular weight excluding hydrogens is 400 g/mol. The van der Waals surface area contributed by atoms with Gasteiger partial charge in [-0.1, -0.05) is 60.2 Å². The third-order valence-corrected chi connectivity index (χ3v) is 7.09. The highest BCUT2D eigenvalue weighted by molar-refractivity contribution is 8.11. The Morgan fingerprint density at radius 2 is 1.74 bits per heavy atom. The number of hydrogen-bond donors (Lipinski definition) is 2. The third-order valence-electron chi connectivity index (χ3n) is 4.01. The molecule has 27 heavy (non-hydrogen) atoms. The van der Waals surface area contributed by atoms with Gasteiger partial charge in [-0.2, -0.15) is 0 Å². The van der Waals surface area contributed by atoms with Crippen LogP contribution in [0.25, 0.3) is 6.08 Å². The van der Waals surface area contributed by atoms with Gasteiger partial charge in [0.1, 0.15) is 4.71 Å². The third kappa shape index (κ3) is 4.95. The lowest BCUT2D eigenvalue weighted by molar-refractivity contribution is -0.130. The normalized spacial score (nSPS) is 20.9. The molecule has 1 N–H and O–H groups in total. The van der Waals surface area contributed by atoms with Gasteiger partial charge in [-0.25, -0.2) is 13.4 Å². The number of carbonyl (C=O) groups is 1. The van der Waals surface area contributed by atoms with Gasteiger partial charge in [0, 0.05) is 0 Å². The highest BCUT2D eigenvalue weighted by Crippen LogP contribution is 2.36. The molecule has 2 aromatic carbocycles. The van der Waals surface area contributed by atoms with Crippen LogP contribution in [0.5, 0.6) is 0 Å². The van der Waals surface area contributed by atoms with Crippen LogP contribution >= 0.6 is 24.4 Å². The summed E-state index contributed by atoms with van der Waals surface area (Å²) in [6.45, 7) is 1.96. The number of thiol groups is 1. The van der Waals surface area contributed by atoms with Gasteiger partial charge in [0.05, 0.1) is 10.1 Å². The lowest BCUT2D eigenvalue weighted by atomic mass is 10.1. The molecule has 0 bridgehead atoms. The molecule has 0 aliphatic carbocycles. The Bertz CT molecular complexity index is 931. The zero-order valence-electron chi connectivity index (χ0n) is 14.6. The zero-order valence-corrected chi connectivity index (χ0v) is 17.2. The van der Waals surface area contributed by atoms with Crippen molar-refractivity contribution in [3.05, 3.63) is 71.8 Å². The van der Waals surface area contributed by atoms with E-state index in [0.717, 1.165) is 16.1 Å². The molecule has 1 aliphatic rings. The van der Waals surface area contributed by atoms with Crippen LogP contribution in [0.4, 0.5) is 0 Å². The van der Waals surface area contributed by atoms with E-state index in [9.17, 15) is 13.2 Å². The lowest BCUT2D eigenvalue weighted by Gasteiger charge is -2.20. The fourth-order valence-electron chi connectivity index (χ4n) is 2.72. The van der Waals surface area contributed by atoms with Crippen molar-refractivity contribution in [1.29, 1.82) is 0 Å². The summed E-state index contributed by atoms with van der Waals surface area (Å²) in [4.78, 5) is 15.2. The van der Waals surface area contributed by atoms with Gasteiger partial charge in [-0.15, -0.1) is 29.2 Å². The summed E-state index contributed by atoms with van der Waals surface area (Å²) < 4.78 is 24.4. The molecule has 1 aliphatic heterocycles. The summed E-state index contributed by atoms with van der Waals surface area (Å²) in [7, 11) is -3.83. The molecular formula is C19H20N2O3S3. The Morgan fingerprint density at radius 3 is 2.37 bits per heavy atom. The number of nitrogens with zero attached hydrogens (tertiary/aromatic N) is 1. The van der Waals surface area contributed by atoms with E-state index in [0.29, 0.717) is 6.42 Å². The standard InChI is InChI=1S/C19H20N2O3S3/c1-14(12-15-8-4-2-5-9-15)13-17-18(22)21(19(25)26-17)20-27(23,24)16-10-6-3-7-11-16/h2-12,17,19-20,25H,13H2,1H3/b14-12+/t17-,19?/m1/s1. The molecule has 1 saturated heterocycles. The number of nitrogens with one attached hydrogen (secondary N) is 1. The molecule has 0 aromatic heterocycles. The minimum atomic E-state index is -3.83. The van der Waals surface area contributed by atoms with Crippen molar-refractivity contribution >= 4 is 46.4 Å². The van der Waals surface area contributed by atoms with Crippen molar-refractivity contribution in [2.75, 3.05) is 0 Å². The molecule has 2 atom stereocenters. The minimum absolute atomic E-state index is 0.104. The van der Waals surface area contributed by atoms with E-state index in [1.165, 1.54) is 23.9 Å². The number of hydrazine groups is 1. The first-order valence-electron chi connectivity index (χ1n) is 8.33. The number of amides is 1. The number of sulfonamides is 1. The van der Waals surface area contributed by atoms with Crippen molar-refractivity contribution in [3.8, 4) is 0 Å². The summed E-state index contributed by atoms with van der Waals surface area (Å²) >= 11 is 5.70. The van der Waals surface area contributed by atoms with Crippen LogP contribution in [-0.2, 0) is 14.8 Å². The highest BCUT2D eigenvalue weighted by Gasteiger charge is 2.40. The summed E-state index contributed by atoms with van der Waals surface area (Å²) in [5.74, 6) is -0.291. The van der Waals surface area contributed by atoms with E-state index in [4.69, 9.17) is 0 Å². The number of carbonyl (C=O) groups excluding carboxylic acids is 1. The van der Waals surface area contributed by atoms with Gasteiger partial charge in [-0.3, -0.25) is 4.79 Å². The van der Waals surface area contributed by atoms with E-state index in [-0.39, 0.29) is 16.1 Å². The predicted octanol–water partition coefficient (Wildman–Crippen LogP) is 3.53. The van der Waals surface area contributed by atoms with Gasteiger partial charge < -0.3 is 0 Å². The molecule has 1 heterocycles. The van der Waals surface area contributed by atoms with E-state index in [1.54, 1.807) is 18.2 Å². The van der Waals surface area contributed by atoms with E-state index < -0.39 is 14.7 Å². The van der Waals surface area contributed by atoms with E-state index >= 15 is 0 Å². The maximum atomic E-state index is 12.7. The van der Waals surface area contributed by atoms with Crippen LogP contribution in [0, 0.1) is 0 Å². The van der Waals surface area contributed by atoms with Gasteiger partial charge in [0.2, 0.25) is 0 Å². The highest BCUT2D eigenvalue weighted by atomic mass is 32.2. The van der Waals surface area contributed by atoms with Gasteiger partial charge in [-0.05, 0) is 31.0 Å². The van der Waals surface area contributed by atoms with Crippen LogP contribution < -0.4 is 4.83 Å². The SMILES string of the molecule is C/C(=C\c1ccccc1)C[C@H]1SC(S)N(NS(=O)(=O)c2ccccc2)C1=O. The largest absolute Gasteiger partial charge is 0.272 e. The summed E-state index contributed by atoms with van der Waals surface area (Å²) in [5.41, 5.74) is 2.11. The first-order chi connectivity index (χ1) is 12.9. The van der Waals surface area contributed by atoms with Crippen molar-refractivity contribution in [2.24, 2.45) is 0 Å². The lowest BCUT2D eigenvalue weighted by Crippen LogP contribution is -2.46. The molecule has 8 heteroatoms. The van der Waals surface area contributed by atoms with Crippen molar-refractivity contribution in [2.45, 2.75) is 28.2 Å². The van der Waals surface area contributed by atoms with E-state index in [1.807, 2.05) is 43.3 Å². The number of allylic oxidation sites excluding steroid dienone is 1. The Morgan fingerprint density at radius 1 is 1.15 bits per heavy atom. The fourth-order valence-corrected chi connectivity index (χ4v) is 5.72.